The normalized spacial score (nSPS) is 11.3. The van der Waals surface area contributed by atoms with Crippen molar-refractivity contribution in [2.45, 2.75) is 6.92 Å². The Bertz CT molecular complexity index is 802. The van der Waals surface area contributed by atoms with E-state index in [1.54, 1.807) is 7.11 Å². The van der Waals surface area contributed by atoms with Crippen molar-refractivity contribution in [2.75, 3.05) is 12.8 Å². The maximum Gasteiger partial charge on any atom is 0.220 e. The van der Waals surface area contributed by atoms with Crippen LogP contribution in [0.25, 0.3) is 23.3 Å². The van der Waals surface area contributed by atoms with Crippen LogP contribution in [0.3, 0.4) is 0 Å². The van der Waals surface area contributed by atoms with Crippen molar-refractivity contribution in [1.82, 2.24) is 4.98 Å². The predicted molar refractivity (Wildman–Crippen MR) is 85.1 cm³/mol. The third-order valence-electron chi connectivity index (χ3n) is 3.25. The molecule has 0 aliphatic heterocycles. The summed E-state index contributed by atoms with van der Waals surface area (Å²) in [5, 5.41) is 0. The molecular formula is C17H16N2O2. The number of anilines is 1. The molecule has 106 valence electrons. The van der Waals surface area contributed by atoms with Gasteiger partial charge in [0.25, 0.3) is 0 Å². The number of methoxy groups -OCH3 is 1. The summed E-state index contributed by atoms with van der Waals surface area (Å²) < 4.78 is 10.9. The van der Waals surface area contributed by atoms with Gasteiger partial charge in [-0.15, -0.1) is 0 Å². The standard InChI is InChI=1S/C17H16N2O2/c1-11-9-13(18)10-15-17(11)21-16(19-15)8-5-12-3-6-14(20-2)7-4-12/h3-10H,18H2,1-2H3/b8-5+. The Labute approximate surface area is 122 Å². The zero-order chi connectivity index (χ0) is 14.8. The highest BCUT2D eigenvalue weighted by Crippen LogP contribution is 2.23. The minimum absolute atomic E-state index is 0.564. The number of nitrogen functional groups attached to an aromatic ring is 1. The van der Waals surface area contributed by atoms with Crippen LogP contribution >= 0.6 is 0 Å². The van der Waals surface area contributed by atoms with Gasteiger partial charge in [-0.3, -0.25) is 0 Å². The number of hydrogen-bond donors (Lipinski definition) is 1. The zero-order valence-corrected chi connectivity index (χ0v) is 12.0. The highest BCUT2D eigenvalue weighted by molar-refractivity contribution is 5.82. The molecule has 1 heterocycles. The van der Waals surface area contributed by atoms with Gasteiger partial charge in [-0.25, -0.2) is 4.98 Å². The Morgan fingerprint density at radius 3 is 2.62 bits per heavy atom. The van der Waals surface area contributed by atoms with E-state index in [1.165, 1.54) is 0 Å². The third kappa shape index (κ3) is 2.74. The van der Waals surface area contributed by atoms with Gasteiger partial charge in [0.05, 0.1) is 7.11 Å². The second-order valence-electron chi connectivity index (χ2n) is 4.84. The number of fused-ring (bicyclic) bond motifs is 1. The molecule has 4 nitrogen and oxygen atoms in total. The van der Waals surface area contributed by atoms with Gasteiger partial charge >= 0.3 is 0 Å². The number of ether oxygens (including phenoxy) is 1. The number of oxazole rings is 1. The molecular weight excluding hydrogens is 264 g/mol. The van der Waals surface area contributed by atoms with Crippen LogP contribution in [0, 0.1) is 6.92 Å². The first-order valence-corrected chi connectivity index (χ1v) is 6.64. The van der Waals surface area contributed by atoms with Crippen LogP contribution in [0.1, 0.15) is 17.0 Å². The smallest absolute Gasteiger partial charge is 0.220 e. The van der Waals surface area contributed by atoms with Crippen molar-refractivity contribution >= 4 is 28.9 Å². The van der Waals surface area contributed by atoms with Gasteiger partial charge in [0.15, 0.2) is 5.58 Å². The Morgan fingerprint density at radius 2 is 1.90 bits per heavy atom. The molecule has 0 amide bonds. The molecule has 0 aliphatic carbocycles. The first-order valence-electron chi connectivity index (χ1n) is 6.64. The SMILES string of the molecule is COc1ccc(/C=C/c2nc3cc(N)cc(C)c3o2)cc1. The summed E-state index contributed by atoms with van der Waals surface area (Å²) in [7, 11) is 1.65. The second-order valence-corrected chi connectivity index (χ2v) is 4.84. The quantitative estimate of drug-likeness (QED) is 0.739. The van der Waals surface area contributed by atoms with Gasteiger partial charge in [0, 0.05) is 11.8 Å². The van der Waals surface area contributed by atoms with E-state index in [1.807, 2.05) is 55.5 Å². The van der Waals surface area contributed by atoms with E-state index in [9.17, 15) is 0 Å². The monoisotopic (exact) mass is 280 g/mol. The van der Waals surface area contributed by atoms with Gasteiger partial charge in [0.2, 0.25) is 5.89 Å². The number of aromatic nitrogens is 1. The minimum atomic E-state index is 0.564. The number of nitrogens with two attached hydrogens (primary N) is 1. The van der Waals surface area contributed by atoms with Crippen molar-refractivity contribution in [3.05, 3.63) is 53.4 Å². The van der Waals surface area contributed by atoms with Crippen molar-refractivity contribution in [3.8, 4) is 5.75 Å². The zero-order valence-electron chi connectivity index (χ0n) is 12.0. The maximum absolute atomic E-state index is 5.81. The summed E-state index contributed by atoms with van der Waals surface area (Å²) in [6, 6.07) is 11.5. The van der Waals surface area contributed by atoms with Crippen LogP contribution in [0.4, 0.5) is 5.69 Å². The van der Waals surface area contributed by atoms with E-state index in [4.69, 9.17) is 14.9 Å². The fraction of sp³-hybridized carbons (Fsp3) is 0.118. The van der Waals surface area contributed by atoms with Crippen LogP contribution in [0.5, 0.6) is 5.75 Å². The molecule has 2 N–H and O–H groups in total. The largest absolute Gasteiger partial charge is 0.497 e. The van der Waals surface area contributed by atoms with E-state index in [-0.39, 0.29) is 0 Å². The van der Waals surface area contributed by atoms with E-state index >= 15 is 0 Å². The summed E-state index contributed by atoms with van der Waals surface area (Å²) in [6.07, 6.45) is 3.79. The number of hydrogen-bond acceptors (Lipinski definition) is 4. The molecule has 0 atom stereocenters. The molecule has 3 rings (SSSR count). The highest BCUT2D eigenvalue weighted by atomic mass is 16.5. The maximum atomic E-state index is 5.81. The summed E-state index contributed by atoms with van der Waals surface area (Å²) in [4.78, 5) is 4.43. The minimum Gasteiger partial charge on any atom is -0.497 e. The molecule has 2 aromatic carbocycles. The molecule has 0 fully saturated rings. The Kier molecular flexibility index (Phi) is 3.36. The first kappa shape index (κ1) is 13.2. The lowest BCUT2D eigenvalue weighted by Crippen LogP contribution is -1.85. The molecule has 0 unspecified atom stereocenters. The van der Waals surface area contributed by atoms with E-state index in [0.29, 0.717) is 11.6 Å². The molecule has 3 aromatic rings. The Balaban J connectivity index is 1.90. The van der Waals surface area contributed by atoms with E-state index in [2.05, 4.69) is 4.98 Å². The molecule has 0 saturated heterocycles. The number of benzene rings is 2. The first-order chi connectivity index (χ1) is 10.2. The van der Waals surface area contributed by atoms with Gasteiger partial charge in [-0.05, 0) is 48.4 Å². The Morgan fingerprint density at radius 1 is 1.14 bits per heavy atom. The van der Waals surface area contributed by atoms with Crippen LogP contribution in [-0.2, 0) is 0 Å². The molecule has 0 saturated carbocycles. The van der Waals surface area contributed by atoms with Crippen LogP contribution in [-0.4, -0.2) is 12.1 Å². The molecule has 4 heteroatoms. The molecule has 1 aromatic heterocycles. The average molecular weight is 280 g/mol. The van der Waals surface area contributed by atoms with Crippen molar-refractivity contribution in [1.29, 1.82) is 0 Å². The second kappa shape index (κ2) is 5.32. The summed E-state index contributed by atoms with van der Waals surface area (Å²) in [5.41, 5.74) is 10.1. The average Bonchev–Trinajstić information content (AvgIpc) is 2.89. The number of rotatable bonds is 3. The van der Waals surface area contributed by atoms with Gasteiger partial charge in [-0.2, -0.15) is 0 Å². The van der Waals surface area contributed by atoms with Gasteiger partial charge in [-0.1, -0.05) is 12.1 Å². The summed E-state index contributed by atoms with van der Waals surface area (Å²) in [6.45, 7) is 1.96. The van der Waals surface area contributed by atoms with Crippen LogP contribution in [0.15, 0.2) is 40.8 Å². The molecule has 0 bridgehead atoms. The lowest BCUT2D eigenvalue weighted by atomic mass is 10.2. The van der Waals surface area contributed by atoms with Crippen molar-refractivity contribution in [2.24, 2.45) is 0 Å². The van der Waals surface area contributed by atoms with Crippen LogP contribution < -0.4 is 10.5 Å². The van der Waals surface area contributed by atoms with Gasteiger partial charge in [0.1, 0.15) is 11.3 Å². The fourth-order valence-electron chi connectivity index (χ4n) is 2.20. The molecule has 0 spiro atoms. The van der Waals surface area contributed by atoms with Crippen molar-refractivity contribution in [3.63, 3.8) is 0 Å². The third-order valence-corrected chi connectivity index (χ3v) is 3.25. The molecule has 21 heavy (non-hydrogen) atoms. The summed E-state index contributed by atoms with van der Waals surface area (Å²) in [5.74, 6) is 1.40. The van der Waals surface area contributed by atoms with E-state index in [0.717, 1.165) is 28.0 Å². The topological polar surface area (TPSA) is 61.3 Å². The lowest BCUT2D eigenvalue weighted by molar-refractivity contribution is 0.415. The molecule has 0 aliphatic rings. The Hall–Kier alpha value is -2.75. The number of nitrogens with zero attached hydrogens (tertiary/aromatic N) is 1. The van der Waals surface area contributed by atoms with Crippen molar-refractivity contribution < 1.29 is 9.15 Å². The van der Waals surface area contributed by atoms with Crippen LogP contribution in [0.2, 0.25) is 0 Å². The highest BCUT2D eigenvalue weighted by Gasteiger charge is 2.06. The van der Waals surface area contributed by atoms with E-state index < -0.39 is 0 Å². The fourth-order valence-corrected chi connectivity index (χ4v) is 2.20. The lowest BCUT2D eigenvalue weighted by Gasteiger charge is -1.98. The van der Waals surface area contributed by atoms with Gasteiger partial charge < -0.3 is 14.9 Å². The predicted octanol–water partition coefficient (Wildman–Crippen LogP) is 3.90. The summed E-state index contributed by atoms with van der Waals surface area (Å²) >= 11 is 0. The molecule has 0 radical (unpaired) electrons. The number of aryl methyl sites for hydroxylation is 1.